The predicted octanol–water partition coefficient (Wildman–Crippen LogP) is 2.71. The third-order valence-corrected chi connectivity index (χ3v) is 6.08. The average molecular weight is 489 g/mol. The van der Waals surface area contributed by atoms with Crippen LogP contribution in [0, 0.1) is 5.92 Å². The van der Waals surface area contributed by atoms with Crippen molar-refractivity contribution in [1.29, 1.82) is 0 Å². The number of hydrogen-bond acceptors (Lipinski definition) is 5. The van der Waals surface area contributed by atoms with Gasteiger partial charge in [-0.1, -0.05) is 37.6 Å². The van der Waals surface area contributed by atoms with E-state index in [1.165, 1.54) is 6.26 Å². The third-order valence-electron chi connectivity index (χ3n) is 5.83. The summed E-state index contributed by atoms with van der Waals surface area (Å²) in [6.07, 6.45) is 2.63. The Morgan fingerprint density at radius 1 is 1.24 bits per heavy atom. The van der Waals surface area contributed by atoms with Gasteiger partial charge in [-0.25, -0.2) is 0 Å². The van der Waals surface area contributed by atoms with E-state index in [-0.39, 0.29) is 42.6 Å². The topological polar surface area (TPSA) is 109 Å². The van der Waals surface area contributed by atoms with Crippen molar-refractivity contribution < 1.29 is 18.8 Å². The lowest BCUT2D eigenvalue weighted by molar-refractivity contribution is -0.135. The van der Waals surface area contributed by atoms with Gasteiger partial charge in [-0.15, -0.1) is 0 Å². The largest absolute Gasteiger partial charge is 0.459 e. The molecule has 1 aromatic carbocycles. The van der Waals surface area contributed by atoms with E-state index in [2.05, 4.69) is 19.2 Å². The lowest BCUT2D eigenvalue weighted by Crippen LogP contribution is -2.50. The van der Waals surface area contributed by atoms with Gasteiger partial charge in [-0.3, -0.25) is 14.4 Å². The molecule has 2 heterocycles. The fourth-order valence-electron chi connectivity index (χ4n) is 4.20. The summed E-state index contributed by atoms with van der Waals surface area (Å²) >= 11 is 5.99. The van der Waals surface area contributed by atoms with Gasteiger partial charge < -0.3 is 25.3 Å². The van der Waals surface area contributed by atoms with E-state index in [0.29, 0.717) is 43.3 Å². The Morgan fingerprint density at radius 2 is 1.97 bits per heavy atom. The number of hydrogen-bond donors (Lipinski definition) is 2. The minimum atomic E-state index is -0.724. The normalized spacial score (nSPS) is 16.5. The number of carbonyl (C=O) groups is 3. The van der Waals surface area contributed by atoms with Gasteiger partial charge in [-0.2, -0.15) is 0 Å². The van der Waals surface area contributed by atoms with Crippen LogP contribution in [0.1, 0.15) is 42.8 Å². The molecular formula is C25H33ClN4O4. The quantitative estimate of drug-likeness (QED) is 0.534. The van der Waals surface area contributed by atoms with E-state index in [1.54, 1.807) is 34.1 Å². The molecule has 2 aromatic rings. The third kappa shape index (κ3) is 6.84. The molecule has 0 bridgehead atoms. The number of carbonyl (C=O) groups excluding carboxylic acids is 3. The first-order chi connectivity index (χ1) is 16.3. The van der Waals surface area contributed by atoms with Crippen LogP contribution in [0.4, 0.5) is 0 Å². The first-order valence-corrected chi connectivity index (χ1v) is 12.0. The molecule has 0 saturated carbocycles. The SMILES string of the molecule is CC(C)CN(C(=O)c1ccco1)[C@H]1CCN(C(=O)[C@@H](Cc2ccc(Cl)cc2)NC(=O)CCN)C1. The second-order valence-electron chi connectivity index (χ2n) is 9.04. The van der Waals surface area contributed by atoms with Crippen LogP contribution in [-0.2, 0) is 16.0 Å². The summed E-state index contributed by atoms with van der Waals surface area (Å²) in [5.74, 6) is -0.0540. The van der Waals surface area contributed by atoms with Crippen molar-refractivity contribution in [3.05, 3.63) is 59.0 Å². The Bertz CT molecular complexity index is 962. The number of amides is 3. The molecule has 34 heavy (non-hydrogen) atoms. The molecule has 3 amide bonds. The Balaban J connectivity index is 1.73. The number of benzene rings is 1. The summed E-state index contributed by atoms with van der Waals surface area (Å²) in [7, 11) is 0. The van der Waals surface area contributed by atoms with Crippen LogP contribution in [0.3, 0.4) is 0 Å². The lowest BCUT2D eigenvalue weighted by atomic mass is 10.0. The summed E-state index contributed by atoms with van der Waals surface area (Å²) in [5, 5.41) is 3.44. The minimum absolute atomic E-state index is 0.125. The molecule has 1 aromatic heterocycles. The van der Waals surface area contributed by atoms with Crippen LogP contribution >= 0.6 is 11.6 Å². The smallest absolute Gasteiger partial charge is 0.289 e. The molecule has 3 N–H and O–H groups in total. The van der Waals surface area contributed by atoms with E-state index in [4.69, 9.17) is 21.8 Å². The minimum Gasteiger partial charge on any atom is -0.459 e. The zero-order valence-electron chi connectivity index (χ0n) is 19.7. The highest BCUT2D eigenvalue weighted by molar-refractivity contribution is 6.30. The van der Waals surface area contributed by atoms with Crippen LogP contribution in [0.5, 0.6) is 0 Å². The van der Waals surface area contributed by atoms with Gasteiger partial charge in [0, 0.05) is 44.0 Å². The first-order valence-electron chi connectivity index (χ1n) is 11.7. The number of nitrogens with one attached hydrogen (secondary N) is 1. The molecule has 1 aliphatic heterocycles. The summed E-state index contributed by atoms with van der Waals surface area (Å²) in [6, 6.07) is 9.71. The van der Waals surface area contributed by atoms with Crippen LogP contribution in [0.15, 0.2) is 47.1 Å². The summed E-state index contributed by atoms with van der Waals surface area (Å²) < 4.78 is 5.33. The monoisotopic (exact) mass is 488 g/mol. The Labute approximate surface area is 205 Å². The molecule has 0 unspecified atom stereocenters. The van der Waals surface area contributed by atoms with E-state index in [0.717, 1.165) is 5.56 Å². The molecule has 2 atom stereocenters. The molecule has 9 heteroatoms. The summed E-state index contributed by atoms with van der Waals surface area (Å²) in [4.78, 5) is 42.4. The maximum Gasteiger partial charge on any atom is 0.289 e. The Morgan fingerprint density at radius 3 is 2.59 bits per heavy atom. The number of rotatable bonds is 10. The standard InChI is InChI=1S/C25H33ClN4O4/c1-17(2)15-30(25(33)22-4-3-13-34-22)20-10-12-29(16-20)24(32)21(28-23(31)9-11-27)14-18-5-7-19(26)8-6-18/h3-8,13,17,20-21H,9-12,14-16,27H2,1-2H3,(H,28,31)/t20-,21+/m0/s1. The van der Waals surface area contributed by atoms with Crippen molar-refractivity contribution in [3.8, 4) is 0 Å². The molecule has 1 aliphatic rings. The fraction of sp³-hybridized carbons (Fsp3) is 0.480. The molecule has 0 radical (unpaired) electrons. The van der Waals surface area contributed by atoms with E-state index >= 15 is 0 Å². The highest BCUT2D eigenvalue weighted by atomic mass is 35.5. The Kier molecular flexibility index (Phi) is 9.12. The molecule has 1 saturated heterocycles. The van der Waals surface area contributed by atoms with Crippen molar-refractivity contribution in [1.82, 2.24) is 15.1 Å². The molecule has 184 valence electrons. The Hall–Kier alpha value is -2.84. The van der Waals surface area contributed by atoms with Gasteiger partial charge >= 0.3 is 0 Å². The second kappa shape index (κ2) is 12.0. The van der Waals surface area contributed by atoms with Crippen molar-refractivity contribution in [2.24, 2.45) is 11.7 Å². The maximum absolute atomic E-state index is 13.5. The van der Waals surface area contributed by atoms with Gasteiger partial charge in [0.15, 0.2) is 5.76 Å². The van der Waals surface area contributed by atoms with Crippen LogP contribution in [-0.4, -0.2) is 65.8 Å². The number of nitrogens with two attached hydrogens (primary N) is 1. The highest BCUT2D eigenvalue weighted by Crippen LogP contribution is 2.22. The number of halogens is 1. The summed E-state index contributed by atoms with van der Waals surface area (Å²) in [6.45, 7) is 5.78. The molecule has 0 spiro atoms. The number of furan rings is 1. The summed E-state index contributed by atoms with van der Waals surface area (Å²) in [5.41, 5.74) is 6.41. The zero-order valence-corrected chi connectivity index (χ0v) is 20.5. The zero-order chi connectivity index (χ0) is 24.7. The van der Waals surface area contributed by atoms with Gasteiger partial charge in [0.2, 0.25) is 11.8 Å². The average Bonchev–Trinajstić information content (AvgIpc) is 3.50. The van der Waals surface area contributed by atoms with E-state index in [9.17, 15) is 14.4 Å². The maximum atomic E-state index is 13.5. The fourth-order valence-corrected chi connectivity index (χ4v) is 4.33. The van der Waals surface area contributed by atoms with Crippen LogP contribution in [0.2, 0.25) is 5.02 Å². The van der Waals surface area contributed by atoms with Crippen molar-refractivity contribution in [2.75, 3.05) is 26.2 Å². The van der Waals surface area contributed by atoms with E-state index in [1.807, 2.05) is 12.1 Å². The van der Waals surface area contributed by atoms with Gasteiger partial charge in [0.05, 0.1) is 12.3 Å². The van der Waals surface area contributed by atoms with Gasteiger partial charge in [0.25, 0.3) is 5.91 Å². The lowest BCUT2D eigenvalue weighted by Gasteiger charge is -2.30. The van der Waals surface area contributed by atoms with Crippen molar-refractivity contribution in [2.45, 2.75) is 45.2 Å². The number of likely N-dealkylation sites (tertiary alicyclic amines) is 1. The van der Waals surface area contributed by atoms with Crippen LogP contribution in [0.25, 0.3) is 0 Å². The molecule has 0 aliphatic carbocycles. The van der Waals surface area contributed by atoms with Gasteiger partial charge in [-0.05, 0) is 42.2 Å². The number of nitrogens with zero attached hydrogens (tertiary/aromatic N) is 2. The second-order valence-corrected chi connectivity index (χ2v) is 9.48. The predicted molar refractivity (Wildman–Crippen MR) is 130 cm³/mol. The van der Waals surface area contributed by atoms with Crippen molar-refractivity contribution >= 4 is 29.3 Å². The molecule has 3 rings (SSSR count). The van der Waals surface area contributed by atoms with Crippen molar-refractivity contribution in [3.63, 3.8) is 0 Å². The molecular weight excluding hydrogens is 456 g/mol. The molecule has 1 fully saturated rings. The van der Waals surface area contributed by atoms with Crippen LogP contribution < -0.4 is 11.1 Å². The van der Waals surface area contributed by atoms with E-state index < -0.39 is 6.04 Å². The van der Waals surface area contributed by atoms with Gasteiger partial charge in [0.1, 0.15) is 6.04 Å². The highest BCUT2D eigenvalue weighted by Gasteiger charge is 2.36. The first kappa shape index (κ1) is 25.8. The molecule has 8 nitrogen and oxygen atoms in total.